The van der Waals surface area contributed by atoms with Gasteiger partial charge in [-0.3, -0.25) is 4.90 Å². The molecule has 2 rings (SSSR count). The minimum Gasteiger partial charge on any atom is -0.381 e. The number of nitrogens with one attached hydrogen (secondary N) is 1. The molecule has 108 valence electrons. The molecule has 1 aromatic heterocycles. The maximum absolute atomic E-state index is 5.71. The Hall–Kier alpha value is -0.490. The standard InChI is InChI=1S/C14H25N3OS/c1-12-16-13(8-19-12)7-17(3)10-14(9-15-2)5-4-6-18-11-14/h8,15H,4-7,9-11H2,1-3H3. The Morgan fingerprint density at radius 2 is 2.42 bits per heavy atom. The summed E-state index contributed by atoms with van der Waals surface area (Å²) in [4.78, 5) is 6.92. The Morgan fingerprint density at radius 3 is 3.00 bits per heavy atom. The van der Waals surface area contributed by atoms with Crippen molar-refractivity contribution in [1.29, 1.82) is 0 Å². The Kier molecular flexibility index (Phi) is 5.33. The lowest BCUT2D eigenvalue weighted by molar-refractivity contribution is -0.0229. The molecule has 4 nitrogen and oxygen atoms in total. The van der Waals surface area contributed by atoms with E-state index in [4.69, 9.17) is 4.74 Å². The average Bonchev–Trinajstić information content (AvgIpc) is 2.75. The van der Waals surface area contributed by atoms with Gasteiger partial charge in [0.25, 0.3) is 0 Å². The third kappa shape index (κ3) is 4.24. The lowest BCUT2D eigenvalue weighted by Crippen LogP contribution is -2.47. The third-order valence-corrected chi connectivity index (χ3v) is 4.48. The van der Waals surface area contributed by atoms with E-state index in [0.29, 0.717) is 0 Å². The van der Waals surface area contributed by atoms with Crippen molar-refractivity contribution in [2.45, 2.75) is 26.3 Å². The number of aromatic nitrogens is 1. The number of ether oxygens (including phenoxy) is 1. The maximum Gasteiger partial charge on any atom is 0.0897 e. The van der Waals surface area contributed by atoms with Crippen LogP contribution in [0.5, 0.6) is 0 Å². The summed E-state index contributed by atoms with van der Waals surface area (Å²) in [5.74, 6) is 0. The zero-order valence-corrected chi connectivity index (χ0v) is 13.1. The van der Waals surface area contributed by atoms with E-state index in [-0.39, 0.29) is 5.41 Å². The van der Waals surface area contributed by atoms with Crippen molar-refractivity contribution >= 4 is 11.3 Å². The summed E-state index contributed by atoms with van der Waals surface area (Å²) in [5, 5.41) is 6.64. The van der Waals surface area contributed by atoms with E-state index in [1.807, 2.05) is 7.05 Å². The molecule has 5 heteroatoms. The van der Waals surface area contributed by atoms with Crippen molar-refractivity contribution in [3.8, 4) is 0 Å². The molecular weight excluding hydrogens is 258 g/mol. The van der Waals surface area contributed by atoms with Crippen molar-refractivity contribution in [2.75, 3.05) is 40.4 Å². The van der Waals surface area contributed by atoms with Crippen LogP contribution in [0.25, 0.3) is 0 Å². The number of aryl methyl sites for hydroxylation is 1. The maximum atomic E-state index is 5.71. The van der Waals surface area contributed by atoms with Gasteiger partial charge in [0.15, 0.2) is 0 Å². The molecule has 0 saturated carbocycles. The molecule has 0 bridgehead atoms. The van der Waals surface area contributed by atoms with E-state index in [9.17, 15) is 0 Å². The van der Waals surface area contributed by atoms with Gasteiger partial charge in [0, 0.05) is 37.0 Å². The normalized spacial score (nSPS) is 24.0. The van der Waals surface area contributed by atoms with Crippen LogP contribution in [0.2, 0.25) is 0 Å². The highest BCUT2D eigenvalue weighted by Gasteiger charge is 2.33. The van der Waals surface area contributed by atoms with Crippen molar-refractivity contribution in [2.24, 2.45) is 5.41 Å². The first-order valence-corrected chi connectivity index (χ1v) is 7.83. The van der Waals surface area contributed by atoms with E-state index in [0.717, 1.165) is 37.9 Å². The number of nitrogens with zero attached hydrogens (tertiary/aromatic N) is 2. The molecule has 0 spiro atoms. The zero-order chi connectivity index (χ0) is 13.7. The molecular formula is C14H25N3OS. The first-order chi connectivity index (χ1) is 9.13. The van der Waals surface area contributed by atoms with Crippen molar-refractivity contribution < 1.29 is 4.74 Å². The van der Waals surface area contributed by atoms with Crippen molar-refractivity contribution in [3.63, 3.8) is 0 Å². The fourth-order valence-electron chi connectivity index (χ4n) is 2.99. The third-order valence-electron chi connectivity index (χ3n) is 3.66. The largest absolute Gasteiger partial charge is 0.381 e. The molecule has 0 radical (unpaired) electrons. The summed E-state index contributed by atoms with van der Waals surface area (Å²) < 4.78 is 5.71. The van der Waals surface area contributed by atoms with Crippen molar-refractivity contribution in [1.82, 2.24) is 15.2 Å². The first kappa shape index (κ1) is 14.9. The zero-order valence-electron chi connectivity index (χ0n) is 12.2. The smallest absolute Gasteiger partial charge is 0.0897 e. The van der Waals surface area contributed by atoms with Gasteiger partial charge in [-0.05, 0) is 33.9 Å². The molecule has 0 amide bonds. The van der Waals surface area contributed by atoms with Gasteiger partial charge in [0.2, 0.25) is 0 Å². The van der Waals surface area contributed by atoms with Crippen molar-refractivity contribution in [3.05, 3.63) is 16.1 Å². The van der Waals surface area contributed by atoms with Gasteiger partial charge < -0.3 is 10.1 Å². The summed E-state index contributed by atoms with van der Waals surface area (Å²) in [7, 11) is 4.21. The molecule has 1 aromatic rings. The molecule has 1 N–H and O–H groups in total. The lowest BCUT2D eigenvalue weighted by Gasteiger charge is -2.39. The number of hydrogen-bond donors (Lipinski definition) is 1. The Labute approximate surface area is 120 Å². The van der Waals surface area contributed by atoms with Crippen LogP contribution in [0, 0.1) is 12.3 Å². The van der Waals surface area contributed by atoms with E-state index in [1.54, 1.807) is 11.3 Å². The Morgan fingerprint density at radius 1 is 1.58 bits per heavy atom. The summed E-state index contributed by atoms with van der Waals surface area (Å²) in [5.41, 5.74) is 1.44. The van der Waals surface area contributed by atoms with Gasteiger partial charge in [0.05, 0.1) is 17.3 Å². The van der Waals surface area contributed by atoms with E-state index in [1.165, 1.54) is 18.5 Å². The minimum atomic E-state index is 0.257. The van der Waals surface area contributed by atoms with Gasteiger partial charge in [0.1, 0.15) is 0 Å². The second kappa shape index (κ2) is 6.79. The molecule has 0 aliphatic carbocycles. The number of thiazole rings is 1. The molecule has 1 aliphatic heterocycles. The van der Waals surface area contributed by atoms with Crippen LogP contribution < -0.4 is 5.32 Å². The molecule has 1 fully saturated rings. The summed E-state index contributed by atoms with van der Waals surface area (Å²) in [6, 6.07) is 0. The molecule has 1 saturated heterocycles. The van der Waals surface area contributed by atoms with Crippen LogP contribution in [-0.2, 0) is 11.3 Å². The SMILES string of the molecule is CNCC1(CN(C)Cc2csc(C)n2)CCCOC1. The predicted molar refractivity (Wildman–Crippen MR) is 79.6 cm³/mol. The van der Waals surface area contributed by atoms with Crippen LogP contribution in [0.15, 0.2) is 5.38 Å². The van der Waals surface area contributed by atoms with Crippen LogP contribution in [-0.4, -0.2) is 50.3 Å². The average molecular weight is 283 g/mol. The van der Waals surface area contributed by atoms with Gasteiger partial charge >= 0.3 is 0 Å². The highest BCUT2D eigenvalue weighted by Crippen LogP contribution is 2.29. The van der Waals surface area contributed by atoms with E-state index < -0.39 is 0 Å². The quantitative estimate of drug-likeness (QED) is 0.865. The van der Waals surface area contributed by atoms with E-state index >= 15 is 0 Å². The monoisotopic (exact) mass is 283 g/mol. The van der Waals surface area contributed by atoms with Gasteiger partial charge in [-0.1, -0.05) is 0 Å². The molecule has 1 unspecified atom stereocenters. The van der Waals surface area contributed by atoms with Gasteiger partial charge in [-0.15, -0.1) is 11.3 Å². The Balaban J connectivity index is 1.92. The summed E-state index contributed by atoms with van der Waals surface area (Å²) in [6.07, 6.45) is 2.42. The predicted octanol–water partition coefficient (Wildman–Crippen LogP) is 1.90. The number of rotatable bonds is 6. The molecule has 0 aromatic carbocycles. The van der Waals surface area contributed by atoms with E-state index in [2.05, 4.69) is 34.6 Å². The Bertz CT molecular complexity index is 382. The lowest BCUT2D eigenvalue weighted by atomic mass is 9.82. The second-order valence-corrected chi connectivity index (χ2v) is 6.78. The summed E-state index contributed by atoms with van der Waals surface area (Å²) in [6.45, 7) is 6.86. The molecule has 2 heterocycles. The van der Waals surface area contributed by atoms with Crippen LogP contribution >= 0.6 is 11.3 Å². The van der Waals surface area contributed by atoms with Crippen LogP contribution in [0.1, 0.15) is 23.5 Å². The second-order valence-electron chi connectivity index (χ2n) is 5.72. The highest BCUT2D eigenvalue weighted by molar-refractivity contribution is 7.09. The first-order valence-electron chi connectivity index (χ1n) is 6.95. The highest BCUT2D eigenvalue weighted by atomic mass is 32.1. The molecule has 1 aliphatic rings. The summed E-state index contributed by atoms with van der Waals surface area (Å²) >= 11 is 1.73. The van der Waals surface area contributed by atoms with Gasteiger partial charge in [-0.2, -0.15) is 0 Å². The topological polar surface area (TPSA) is 37.4 Å². The number of hydrogen-bond acceptors (Lipinski definition) is 5. The minimum absolute atomic E-state index is 0.257. The molecule has 19 heavy (non-hydrogen) atoms. The van der Waals surface area contributed by atoms with Gasteiger partial charge in [-0.25, -0.2) is 4.98 Å². The fraction of sp³-hybridized carbons (Fsp3) is 0.786. The molecule has 1 atom stereocenters. The van der Waals surface area contributed by atoms with Crippen LogP contribution in [0.4, 0.5) is 0 Å². The fourth-order valence-corrected chi connectivity index (χ4v) is 3.59. The van der Waals surface area contributed by atoms with Crippen LogP contribution in [0.3, 0.4) is 0 Å².